The van der Waals surface area contributed by atoms with Gasteiger partial charge >= 0.3 is 0 Å². The molecule has 1 aliphatic rings. The summed E-state index contributed by atoms with van der Waals surface area (Å²) in [6.07, 6.45) is 4.35. The van der Waals surface area contributed by atoms with Crippen LogP contribution in [0.2, 0.25) is 0 Å². The van der Waals surface area contributed by atoms with Crippen molar-refractivity contribution in [2.24, 2.45) is 5.41 Å². The Kier molecular flexibility index (Phi) is 4.17. The lowest BCUT2D eigenvalue weighted by atomic mass is 9.70. The first kappa shape index (κ1) is 14.6. The van der Waals surface area contributed by atoms with Gasteiger partial charge < -0.3 is 10.1 Å². The fraction of sp³-hybridized carbons (Fsp3) is 0.471. The number of fused-ring (bicyclic) bond motifs is 1. The maximum atomic E-state index is 11.0. The van der Waals surface area contributed by atoms with E-state index in [1.54, 1.807) is 14.0 Å². The first-order valence-electron chi connectivity index (χ1n) is 7.06. The summed E-state index contributed by atoms with van der Waals surface area (Å²) in [6.45, 7) is 6.64. The van der Waals surface area contributed by atoms with Crippen molar-refractivity contribution in [2.45, 2.75) is 33.6 Å². The van der Waals surface area contributed by atoms with Crippen molar-refractivity contribution in [3.63, 3.8) is 0 Å². The van der Waals surface area contributed by atoms with E-state index in [4.69, 9.17) is 4.74 Å². The fourth-order valence-corrected chi connectivity index (χ4v) is 2.78. The number of aryl methyl sites for hydroxylation is 1. The monoisotopic (exact) mass is 273 g/mol. The zero-order valence-electron chi connectivity index (χ0n) is 12.7. The average Bonchev–Trinajstić information content (AvgIpc) is 2.40. The van der Waals surface area contributed by atoms with Crippen LogP contribution >= 0.6 is 0 Å². The zero-order valence-corrected chi connectivity index (χ0v) is 12.7. The molecule has 1 amide bonds. The topological polar surface area (TPSA) is 38.3 Å². The number of rotatable bonds is 3. The molecule has 0 saturated heterocycles. The molecule has 1 N–H and O–H groups in total. The van der Waals surface area contributed by atoms with Crippen LogP contribution in [0.1, 0.15) is 38.3 Å². The van der Waals surface area contributed by atoms with E-state index in [1.807, 2.05) is 6.07 Å². The van der Waals surface area contributed by atoms with Gasteiger partial charge in [-0.2, -0.15) is 0 Å². The van der Waals surface area contributed by atoms with Gasteiger partial charge in [0.25, 0.3) is 0 Å². The minimum atomic E-state index is 0.00123. The molecule has 0 fully saturated rings. The Balaban J connectivity index is 2.39. The summed E-state index contributed by atoms with van der Waals surface area (Å²) in [5.41, 5.74) is 4.04. The summed E-state index contributed by atoms with van der Waals surface area (Å²) in [5.74, 6) is 0.883. The predicted octanol–water partition coefficient (Wildman–Crippen LogP) is 3.19. The number of carbonyl (C=O) groups excluding carboxylic acids is 1. The SMILES string of the molecule is COc1ccc2c(c1)/C(=C/CNC(C)=O)C(C)(C)CC2. The van der Waals surface area contributed by atoms with Crippen molar-refractivity contribution < 1.29 is 9.53 Å². The van der Waals surface area contributed by atoms with Crippen molar-refractivity contribution in [3.8, 4) is 5.75 Å². The highest BCUT2D eigenvalue weighted by Gasteiger charge is 2.30. The van der Waals surface area contributed by atoms with E-state index in [2.05, 4.69) is 37.4 Å². The lowest BCUT2D eigenvalue weighted by Gasteiger charge is -2.35. The molecule has 2 rings (SSSR count). The molecule has 0 heterocycles. The number of methoxy groups -OCH3 is 1. The molecular formula is C17H23NO2. The van der Waals surface area contributed by atoms with Crippen LogP contribution in [0.4, 0.5) is 0 Å². The third kappa shape index (κ3) is 3.03. The van der Waals surface area contributed by atoms with Crippen LogP contribution in [0.3, 0.4) is 0 Å². The largest absolute Gasteiger partial charge is 0.497 e. The van der Waals surface area contributed by atoms with E-state index < -0.39 is 0 Å². The Morgan fingerprint density at radius 2 is 2.20 bits per heavy atom. The summed E-state index contributed by atoms with van der Waals surface area (Å²) >= 11 is 0. The van der Waals surface area contributed by atoms with Crippen LogP contribution < -0.4 is 10.1 Å². The maximum absolute atomic E-state index is 11.0. The second kappa shape index (κ2) is 5.70. The third-order valence-electron chi connectivity index (χ3n) is 4.01. The molecule has 1 aliphatic carbocycles. The third-order valence-corrected chi connectivity index (χ3v) is 4.01. The lowest BCUT2D eigenvalue weighted by molar-refractivity contribution is -0.118. The molecule has 0 spiro atoms. The summed E-state index contributed by atoms with van der Waals surface area (Å²) < 4.78 is 5.34. The van der Waals surface area contributed by atoms with E-state index in [1.165, 1.54) is 16.7 Å². The second-order valence-corrected chi connectivity index (χ2v) is 5.96. The highest BCUT2D eigenvalue weighted by atomic mass is 16.5. The number of allylic oxidation sites excluding steroid dienone is 1. The van der Waals surface area contributed by atoms with Gasteiger partial charge in [-0.15, -0.1) is 0 Å². The van der Waals surface area contributed by atoms with E-state index in [-0.39, 0.29) is 11.3 Å². The van der Waals surface area contributed by atoms with Gasteiger partial charge in [-0.05, 0) is 47.1 Å². The molecule has 0 saturated carbocycles. The quantitative estimate of drug-likeness (QED) is 0.918. The summed E-state index contributed by atoms with van der Waals surface area (Å²) in [6, 6.07) is 6.27. The van der Waals surface area contributed by atoms with E-state index in [9.17, 15) is 4.79 Å². The van der Waals surface area contributed by atoms with Crippen LogP contribution in [0.15, 0.2) is 24.3 Å². The number of benzene rings is 1. The Hall–Kier alpha value is -1.77. The van der Waals surface area contributed by atoms with Crippen LogP contribution in [0.25, 0.3) is 5.57 Å². The van der Waals surface area contributed by atoms with Crippen molar-refractivity contribution in [1.82, 2.24) is 5.32 Å². The molecule has 3 nitrogen and oxygen atoms in total. The number of hydrogen-bond acceptors (Lipinski definition) is 2. The van der Waals surface area contributed by atoms with Crippen LogP contribution in [0, 0.1) is 5.41 Å². The first-order chi connectivity index (χ1) is 9.44. The van der Waals surface area contributed by atoms with Crippen molar-refractivity contribution in [2.75, 3.05) is 13.7 Å². The van der Waals surface area contributed by atoms with Crippen LogP contribution in [-0.2, 0) is 11.2 Å². The van der Waals surface area contributed by atoms with Crippen LogP contribution in [0.5, 0.6) is 5.75 Å². The van der Waals surface area contributed by atoms with Gasteiger partial charge in [0.05, 0.1) is 7.11 Å². The van der Waals surface area contributed by atoms with Gasteiger partial charge in [-0.3, -0.25) is 4.79 Å². The highest BCUT2D eigenvalue weighted by molar-refractivity contribution is 5.76. The molecule has 108 valence electrons. The van der Waals surface area contributed by atoms with Crippen molar-refractivity contribution >= 4 is 11.5 Å². The number of ether oxygens (including phenoxy) is 1. The molecule has 0 unspecified atom stereocenters. The van der Waals surface area contributed by atoms with Gasteiger partial charge in [-0.25, -0.2) is 0 Å². The smallest absolute Gasteiger partial charge is 0.217 e. The van der Waals surface area contributed by atoms with Gasteiger partial charge in [-0.1, -0.05) is 26.0 Å². The molecule has 20 heavy (non-hydrogen) atoms. The highest BCUT2D eigenvalue weighted by Crippen LogP contribution is 2.45. The molecule has 0 radical (unpaired) electrons. The van der Waals surface area contributed by atoms with Crippen molar-refractivity contribution in [3.05, 3.63) is 35.4 Å². The molecule has 1 aromatic carbocycles. The Labute approximate surface area is 121 Å². The molecule has 3 heteroatoms. The van der Waals surface area contributed by atoms with Gasteiger partial charge in [0, 0.05) is 13.5 Å². The summed E-state index contributed by atoms with van der Waals surface area (Å²) in [5, 5.41) is 2.84. The molecule has 0 atom stereocenters. The van der Waals surface area contributed by atoms with Gasteiger partial charge in [0.2, 0.25) is 5.91 Å². The number of amides is 1. The van der Waals surface area contributed by atoms with E-state index >= 15 is 0 Å². The minimum absolute atomic E-state index is 0.00123. The van der Waals surface area contributed by atoms with Gasteiger partial charge in [0.1, 0.15) is 5.75 Å². The first-order valence-corrected chi connectivity index (χ1v) is 7.06. The summed E-state index contributed by atoms with van der Waals surface area (Å²) in [4.78, 5) is 11.0. The molecule has 0 bridgehead atoms. The molecular weight excluding hydrogens is 250 g/mol. The lowest BCUT2D eigenvalue weighted by Crippen LogP contribution is -2.24. The minimum Gasteiger partial charge on any atom is -0.497 e. The maximum Gasteiger partial charge on any atom is 0.217 e. The summed E-state index contributed by atoms with van der Waals surface area (Å²) in [7, 11) is 1.69. The Morgan fingerprint density at radius 3 is 2.85 bits per heavy atom. The predicted molar refractivity (Wildman–Crippen MR) is 81.8 cm³/mol. The average molecular weight is 273 g/mol. The fourth-order valence-electron chi connectivity index (χ4n) is 2.78. The zero-order chi connectivity index (χ0) is 14.8. The van der Waals surface area contributed by atoms with Crippen LogP contribution in [-0.4, -0.2) is 19.6 Å². The molecule has 0 aromatic heterocycles. The van der Waals surface area contributed by atoms with E-state index in [0.717, 1.165) is 18.6 Å². The number of carbonyl (C=O) groups is 1. The van der Waals surface area contributed by atoms with Gasteiger partial charge in [0.15, 0.2) is 0 Å². The Bertz CT molecular complexity index is 544. The number of hydrogen-bond donors (Lipinski definition) is 1. The van der Waals surface area contributed by atoms with E-state index in [0.29, 0.717) is 6.54 Å². The standard InChI is InChI=1S/C17H23NO2/c1-12(19)18-10-8-16-15-11-14(20-4)6-5-13(15)7-9-17(16,2)3/h5-6,8,11H,7,9-10H2,1-4H3,(H,18,19)/b16-8-. The molecule has 0 aliphatic heterocycles. The second-order valence-electron chi connectivity index (χ2n) is 5.96. The number of nitrogens with one attached hydrogen (secondary N) is 1. The molecule has 1 aromatic rings. The normalized spacial score (nSPS) is 18.5. The van der Waals surface area contributed by atoms with Crippen molar-refractivity contribution in [1.29, 1.82) is 0 Å². The Morgan fingerprint density at radius 1 is 1.45 bits per heavy atom.